The third-order valence-corrected chi connectivity index (χ3v) is 4.73. The second-order valence-electron chi connectivity index (χ2n) is 6.33. The van der Waals surface area contributed by atoms with E-state index in [9.17, 15) is 4.79 Å². The number of likely N-dealkylation sites (N-methyl/N-ethyl adjacent to an activating group) is 1. The van der Waals surface area contributed by atoms with Gasteiger partial charge in [-0.15, -0.1) is 12.4 Å². The van der Waals surface area contributed by atoms with Gasteiger partial charge in [0.1, 0.15) is 12.4 Å². The van der Waals surface area contributed by atoms with Gasteiger partial charge in [-0.05, 0) is 55.8 Å². The number of halogens is 2. The van der Waals surface area contributed by atoms with Crippen molar-refractivity contribution in [1.29, 1.82) is 0 Å². The summed E-state index contributed by atoms with van der Waals surface area (Å²) in [5.41, 5.74) is 1.66. The van der Waals surface area contributed by atoms with Crippen molar-refractivity contribution < 1.29 is 9.53 Å². The third-order valence-electron chi connectivity index (χ3n) is 4.49. The average molecular weight is 395 g/mol. The summed E-state index contributed by atoms with van der Waals surface area (Å²) in [6, 6.07) is 15.3. The van der Waals surface area contributed by atoms with Crippen LogP contribution < -0.4 is 10.1 Å². The number of rotatable bonds is 5. The number of hydrogen-bond acceptors (Lipinski definition) is 3. The van der Waals surface area contributed by atoms with Gasteiger partial charge in [-0.3, -0.25) is 4.79 Å². The maximum atomic E-state index is 12.8. The molecule has 0 aromatic heterocycles. The lowest BCUT2D eigenvalue weighted by atomic mass is 10.0. The van der Waals surface area contributed by atoms with Gasteiger partial charge in [0.25, 0.3) is 5.91 Å². The molecule has 1 atom stereocenters. The zero-order valence-corrected chi connectivity index (χ0v) is 16.4. The predicted octanol–water partition coefficient (Wildman–Crippen LogP) is 4.16. The Morgan fingerprint density at radius 2 is 2.08 bits per heavy atom. The highest BCUT2D eigenvalue weighted by atomic mass is 35.5. The van der Waals surface area contributed by atoms with Crippen LogP contribution in [0.1, 0.15) is 28.8 Å². The van der Waals surface area contributed by atoms with E-state index < -0.39 is 0 Å². The molecule has 0 spiro atoms. The lowest BCUT2D eigenvalue weighted by Crippen LogP contribution is -2.46. The van der Waals surface area contributed by atoms with Crippen LogP contribution in [-0.4, -0.2) is 37.0 Å². The molecule has 0 radical (unpaired) electrons. The van der Waals surface area contributed by atoms with E-state index >= 15 is 0 Å². The molecule has 26 heavy (non-hydrogen) atoms. The van der Waals surface area contributed by atoms with Gasteiger partial charge < -0.3 is 15.0 Å². The molecule has 6 heteroatoms. The smallest absolute Gasteiger partial charge is 0.254 e. The summed E-state index contributed by atoms with van der Waals surface area (Å²) in [6.45, 7) is 1.98. The molecule has 1 amide bonds. The lowest BCUT2D eigenvalue weighted by molar-refractivity contribution is 0.0697. The summed E-state index contributed by atoms with van der Waals surface area (Å²) < 4.78 is 5.83. The van der Waals surface area contributed by atoms with E-state index in [0.29, 0.717) is 29.0 Å². The molecule has 0 bridgehead atoms. The third kappa shape index (κ3) is 5.37. The van der Waals surface area contributed by atoms with E-state index in [-0.39, 0.29) is 18.3 Å². The molecule has 1 heterocycles. The van der Waals surface area contributed by atoms with Crippen LogP contribution in [0.3, 0.4) is 0 Å². The van der Waals surface area contributed by atoms with Crippen LogP contribution in [0.15, 0.2) is 48.5 Å². The largest absolute Gasteiger partial charge is 0.489 e. The first-order valence-corrected chi connectivity index (χ1v) is 8.97. The van der Waals surface area contributed by atoms with Gasteiger partial charge in [0.15, 0.2) is 0 Å². The molecular formula is C20H24Cl2N2O2. The number of hydrogen-bond donors (Lipinski definition) is 1. The summed E-state index contributed by atoms with van der Waals surface area (Å²) in [4.78, 5) is 14.7. The molecule has 0 aliphatic carbocycles. The van der Waals surface area contributed by atoms with Crippen molar-refractivity contribution in [3.63, 3.8) is 0 Å². The van der Waals surface area contributed by atoms with Crippen LogP contribution in [-0.2, 0) is 6.61 Å². The van der Waals surface area contributed by atoms with Crippen molar-refractivity contribution in [2.24, 2.45) is 0 Å². The van der Waals surface area contributed by atoms with Gasteiger partial charge in [0.05, 0.1) is 0 Å². The van der Waals surface area contributed by atoms with Crippen LogP contribution in [0.4, 0.5) is 0 Å². The highest BCUT2D eigenvalue weighted by Gasteiger charge is 2.23. The molecule has 1 aliphatic rings. The lowest BCUT2D eigenvalue weighted by Gasteiger charge is -2.32. The van der Waals surface area contributed by atoms with Crippen molar-refractivity contribution in [1.82, 2.24) is 10.2 Å². The molecular weight excluding hydrogens is 371 g/mol. The Morgan fingerprint density at radius 1 is 1.27 bits per heavy atom. The number of benzene rings is 2. The summed E-state index contributed by atoms with van der Waals surface area (Å²) in [5, 5.41) is 3.95. The fourth-order valence-corrected chi connectivity index (χ4v) is 3.31. The van der Waals surface area contributed by atoms with E-state index in [1.807, 2.05) is 60.5 Å². The first-order chi connectivity index (χ1) is 12.2. The zero-order valence-electron chi connectivity index (χ0n) is 14.8. The van der Waals surface area contributed by atoms with E-state index in [4.69, 9.17) is 16.3 Å². The first kappa shape index (κ1) is 20.6. The normalized spacial score (nSPS) is 16.7. The van der Waals surface area contributed by atoms with Crippen LogP contribution in [0.25, 0.3) is 0 Å². The molecule has 3 rings (SSSR count). The summed E-state index contributed by atoms with van der Waals surface area (Å²) >= 11 is 5.99. The number of amides is 1. The number of carbonyl (C=O) groups is 1. The monoisotopic (exact) mass is 394 g/mol. The Kier molecular flexibility index (Phi) is 7.76. The van der Waals surface area contributed by atoms with Crippen LogP contribution >= 0.6 is 24.0 Å². The van der Waals surface area contributed by atoms with Gasteiger partial charge >= 0.3 is 0 Å². The summed E-state index contributed by atoms with van der Waals surface area (Å²) in [7, 11) is 1.95. The maximum absolute atomic E-state index is 12.8. The van der Waals surface area contributed by atoms with Gasteiger partial charge in [-0.1, -0.05) is 29.8 Å². The minimum absolute atomic E-state index is 0. The molecule has 4 nitrogen and oxygen atoms in total. The predicted molar refractivity (Wildman–Crippen MR) is 107 cm³/mol. The van der Waals surface area contributed by atoms with Crippen LogP contribution in [0.5, 0.6) is 5.75 Å². The van der Waals surface area contributed by atoms with Crippen molar-refractivity contribution in [3.05, 3.63) is 64.7 Å². The quantitative estimate of drug-likeness (QED) is 0.827. The van der Waals surface area contributed by atoms with Gasteiger partial charge in [0.2, 0.25) is 0 Å². The number of piperidine rings is 1. The maximum Gasteiger partial charge on any atom is 0.254 e. The zero-order chi connectivity index (χ0) is 17.6. The second kappa shape index (κ2) is 9.81. The molecule has 140 valence electrons. The van der Waals surface area contributed by atoms with Crippen molar-refractivity contribution in [3.8, 4) is 5.75 Å². The minimum Gasteiger partial charge on any atom is -0.489 e. The minimum atomic E-state index is 0. The molecule has 0 saturated carbocycles. The van der Waals surface area contributed by atoms with E-state index in [2.05, 4.69) is 5.32 Å². The van der Waals surface area contributed by atoms with E-state index in [1.54, 1.807) is 0 Å². The standard InChI is InChI=1S/C20H23ClN2O2.ClH/c1-22-18-8-4-10-23(13-18)20(24)16-6-3-9-19(12-16)25-14-15-5-2-7-17(21)11-15;/h2-3,5-7,9,11-12,18,22H,4,8,10,13-14H2,1H3;1H. The highest BCUT2D eigenvalue weighted by Crippen LogP contribution is 2.19. The topological polar surface area (TPSA) is 41.6 Å². The summed E-state index contributed by atoms with van der Waals surface area (Å²) in [6.07, 6.45) is 2.14. The fraction of sp³-hybridized carbons (Fsp3) is 0.350. The Morgan fingerprint density at radius 3 is 2.85 bits per heavy atom. The molecule has 1 saturated heterocycles. The highest BCUT2D eigenvalue weighted by molar-refractivity contribution is 6.30. The van der Waals surface area contributed by atoms with Crippen molar-refractivity contribution in [2.75, 3.05) is 20.1 Å². The molecule has 1 aliphatic heterocycles. The number of nitrogens with zero attached hydrogens (tertiary/aromatic N) is 1. The molecule has 2 aromatic rings. The summed E-state index contributed by atoms with van der Waals surface area (Å²) in [5.74, 6) is 0.751. The molecule has 2 aromatic carbocycles. The van der Waals surface area contributed by atoms with Gasteiger partial charge in [0, 0.05) is 29.7 Å². The second-order valence-corrected chi connectivity index (χ2v) is 6.76. The van der Waals surface area contributed by atoms with Crippen LogP contribution in [0.2, 0.25) is 5.02 Å². The Bertz CT molecular complexity index is 739. The Balaban J connectivity index is 0.00000243. The molecule has 1 fully saturated rings. The first-order valence-electron chi connectivity index (χ1n) is 8.59. The van der Waals surface area contributed by atoms with E-state index in [0.717, 1.165) is 31.5 Å². The van der Waals surface area contributed by atoms with Gasteiger partial charge in [-0.25, -0.2) is 0 Å². The van der Waals surface area contributed by atoms with E-state index in [1.165, 1.54) is 0 Å². The van der Waals surface area contributed by atoms with Gasteiger partial charge in [-0.2, -0.15) is 0 Å². The number of ether oxygens (including phenoxy) is 1. The van der Waals surface area contributed by atoms with Crippen molar-refractivity contribution >= 4 is 29.9 Å². The van der Waals surface area contributed by atoms with Crippen LogP contribution in [0, 0.1) is 0 Å². The SMILES string of the molecule is CNC1CCCN(C(=O)c2cccc(OCc3cccc(Cl)c3)c2)C1.Cl. The Labute approximate surface area is 165 Å². The molecule has 1 N–H and O–H groups in total. The number of nitrogens with one attached hydrogen (secondary N) is 1. The number of likely N-dealkylation sites (tertiary alicyclic amines) is 1. The Hall–Kier alpha value is -1.75. The average Bonchev–Trinajstić information content (AvgIpc) is 2.66. The van der Waals surface area contributed by atoms with Crippen molar-refractivity contribution in [2.45, 2.75) is 25.5 Å². The fourth-order valence-electron chi connectivity index (χ4n) is 3.09. The molecule has 1 unspecified atom stereocenters. The number of carbonyl (C=O) groups excluding carboxylic acids is 1.